The molecule has 0 N–H and O–H groups in total. The van der Waals surface area contributed by atoms with Crippen molar-refractivity contribution < 1.29 is 9.47 Å². The van der Waals surface area contributed by atoms with Gasteiger partial charge < -0.3 is 9.47 Å². The minimum Gasteiger partial charge on any atom is -0.373 e. The fourth-order valence-corrected chi connectivity index (χ4v) is 2.53. The fourth-order valence-electron chi connectivity index (χ4n) is 2.53. The molecule has 0 aromatic heterocycles. The molecule has 24 heavy (non-hydrogen) atoms. The summed E-state index contributed by atoms with van der Waals surface area (Å²) in [4.78, 5) is 0. The van der Waals surface area contributed by atoms with Crippen molar-refractivity contribution in [1.82, 2.24) is 0 Å². The average Bonchev–Trinajstić information content (AvgIpc) is 2.64. The van der Waals surface area contributed by atoms with Crippen molar-refractivity contribution in [2.75, 3.05) is 13.2 Å². The lowest BCUT2D eigenvalue weighted by molar-refractivity contribution is 0.140. The molecule has 0 amide bonds. The van der Waals surface area contributed by atoms with Crippen LogP contribution in [-0.4, -0.2) is 13.2 Å². The molecule has 0 saturated heterocycles. The van der Waals surface area contributed by atoms with Crippen LogP contribution in [0.3, 0.4) is 0 Å². The lowest BCUT2D eigenvalue weighted by Gasteiger charge is -2.04. The molecular weight excluding hydrogens is 296 g/mol. The fraction of sp³-hybridized carbons (Fsp3) is 0.182. The second kappa shape index (κ2) is 9.02. The van der Waals surface area contributed by atoms with Gasteiger partial charge in [-0.2, -0.15) is 0 Å². The van der Waals surface area contributed by atoms with Gasteiger partial charge in [-0.05, 0) is 28.0 Å². The third kappa shape index (κ3) is 5.05. The van der Waals surface area contributed by atoms with Crippen LogP contribution >= 0.6 is 0 Å². The van der Waals surface area contributed by atoms with Crippen LogP contribution in [0.2, 0.25) is 0 Å². The zero-order valence-corrected chi connectivity index (χ0v) is 13.7. The molecule has 0 unspecified atom stereocenters. The van der Waals surface area contributed by atoms with Gasteiger partial charge in [0, 0.05) is 0 Å². The van der Waals surface area contributed by atoms with Crippen molar-refractivity contribution in [2.45, 2.75) is 13.2 Å². The zero-order valence-electron chi connectivity index (χ0n) is 13.7. The molecule has 0 aliphatic heterocycles. The van der Waals surface area contributed by atoms with E-state index in [1.807, 2.05) is 30.4 Å². The minimum absolute atomic E-state index is 0.599. The first-order valence-corrected chi connectivity index (χ1v) is 8.24. The van der Waals surface area contributed by atoms with Crippen molar-refractivity contribution in [3.8, 4) is 0 Å². The highest BCUT2D eigenvalue weighted by atomic mass is 16.5. The van der Waals surface area contributed by atoms with Crippen molar-refractivity contribution in [2.24, 2.45) is 0 Å². The van der Waals surface area contributed by atoms with Crippen LogP contribution in [0.5, 0.6) is 0 Å². The smallest absolute Gasteiger partial charge is 0.0721 e. The number of ether oxygens (including phenoxy) is 2. The van der Waals surface area contributed by atoms with Gasteiger partial charge in [-0.25, -0.2) is 0 Å². The monoisotopic (exact) mass is 318 g/mol. The molecule has 3 aromatic rings. The maximum absolute atomic E-state index is 5.69. The van der Waals surface area contributed by atoms with Crippen LogP contribution in [0.15, 0.2) is 84.9 Å². The molecule has 0 aliphatic rings. The Bertz CT molecular complexity index is 778. The second-order valence-electron chi connectivity index (χ2n) is 5.67. The molecule has 2 nitrogen and oxygen atoms in total. The Kier molecular flexibility index (Phi) is 6.18. The predicted molar refractivity (Wildman–Crippen MR) is 98.8 cm³/mol. The summed E-state index contributed by atoms with van der Waals surface area (Å²) in [6.07, 6.45) is 4.01. The Hall–Kier alpha value is -2.42. The van der Waals surface area contributed by atoms with E-state index in [9.17, 15) is 0 Å². The Morgan fingerprint density at radius 3 is 1.96 bits per heavy atom. The lowest BCUT2D eigenvalue weighted by atomic mass is 10.1. The number of benzene rings is 3. The third-order valence-corrected chi connectivity index (χ3v) is 3.79. The number of hydrogen-bond acceptors (Lipinski definition) is 2. The molecule has 0 heterocycles. The molecule has 0 bridgehead atoms. The topological polar surface area (TPSA) is 18.5 Å². The van der Waals surface area contributed by atoms with E-state index < -0.39 is 0 Å². The molecule has 0 saturated carbocycles. The first-order chi connectivity index (χ1) is 11.9. The maximum Gasteiger partial charge on any atom is 0.0721 e. The average molecular weight is 318 g/mol. The lowest BCUT2D eigenvalue weighted by Crippen LogP contribution is -1.95. The summed E-state index contributed by atoms with van der Waals surface area (Å²) in [6, 6.07) is 25.0. The molecule has 0 fully saturated rings. The molecule has 3 rings (SSSR count). The third-order valence-electron chi connectivity index (χ3n) is 3.79. The van der Waals surface area contributed by atoms with E-state index in [1.54, 1.807) is 0 Å². The van der Waals surface area contributed by atoms with Crippen molar-refractivity contribution in [1.29, 1.82) is 0 Å². The molecule has 3 aromatic carbocycles. The van der Waals surface area contributed by atoms with Gasteiger partial charge in [-0.3, -0.25) is 0 Å². The second-order valence-corrected chi connectivity index (χ2v) is 5.67. The first-order valence-electron chi connectivity index (χ1n) is 8.24. The van der Waals surface area contributed by atoms with E-state index in [1.165, 1.54) is 21.9 Å². The standard InChI is InChI=1S/C22H22O2/c1-2-8-19(9-3-1)17-23-14-6-7-15-24-18-20-12-13-21-10-4-5-11-22(21)16-20/h1-13,16H,14-15,17-18H2/b7-6+. The highest BCUT2D eigenvalue weighted by molar-refractivity contribution is 5.82. The Morgan fingerprint density at radius 1 is 0.583 bits per heavy atom. The summed E-state index contributed by atoms with van der Waals surface area (Å²) in [6.45, 7) is 2.47. The van der Waals surface area contributed by atoms with Crippen LogP contribution in [0.1, 0.15) is 11.1 Å². The summed E-state index contributed by atoms with van der Waals surface area (Å²) in [5, 5.41) is 2.51. The largest absolute Gasteiger partial charge is 0.373 e. The van der Waals surface area contributed by atoms with Crippen LogP contribution in [0.4, 0.5) is 0 Å². The van der Waals surface area contributed by atoms with Gasteiger partial charge >= 0.3 is 0 Å². The molecule has 0 radical (unpaired) electrons. The molecule has 2 heteroatoms. The zero-order chi connectivity index (χ0) is 16.5. The highest BCUT2D eigenvalue weighted by Crippen LogP contribution is 2.16. The molecule has 0 atom stereocenters. The molecular formula is C22H22O2. The van der Waals surface area contributed by atoms with Gasteiger partial charge in [0.15, 0.2) is 0 Å². The quantitative estimate of drug-likeness (QED) is 0.423. The highest BCUT2D eigenvalue weighted by Gasteiger charge is 1.96. The van der Waals surface area contributed by atoms with Crippen molar-refractivity contribution >= 4 is 10.8 Å². The van der Waals surface area contributed by atoms with E-state index in [4.69, 9.17) is 9.47 Å². The van der Waals surface area contributed by atoms with Gasteiger partial charge in [0.05, 0.1) is 26.4 Å². The summed E-state index contributed by atoms with van der Waals surface area (Å²) in [5.41, 5.74) is 2.39. The minimum atomic E-state index is 0.599. The van der Waals surface area contributed by atoms with Crippen LogP contribution in [0.25, 0.3) is 10.8 Å². The van der Waals surface area contributed by atoms with E-state index in [0.29, 0.717) is 26.4 Å². The van der Waals surface area contributed by atoms with Gasteiger partial charge in [0.1, 0.15) is 0 Å². The van der Waals surface area contributed by atoms with Gasteiger partial charge in [0.2, 0.25) is 0 Å². The van der Waals surface area contributed by atoms with E-state index >= 15 is 0 Å². The van der Waals surface area contributed by atoms with E-state index in [0.717, 1.165) is 0 Å². The van der Waals surface area contributed by atoms with Gasteiger partial charge in [-0.15, -0.1) is 0 Å². The molecule has 0 aliphatic carbocycles. The van der Waals surface area contributed by atoms with Crippen LogP contribution in [0, 0.1) is 0 Å². The van der Waals surface area contributed by atoms with Crippen LogP contribution in [-0.2, 0) is 22.7 Å². The number of fused-ring (bicyclic) bond motifs is 1. The Morgan fingerprint density at radius 2 is 1.21 bits per heavy atom. The first kappa shape index (κ1) is 16.4. The number of rotatable bonds is 8. The van der Waals surface area contributed by atoms with E-state index in [-0.39, 0.29) is 0 Å². The summed E-state index contributed by atoms with van der Waals surface area (Å²) in [7, 11) is 0. The van der Waals surface area contributed by atoms with Gasteiger partial charge in [0.25, 0.3) is 0 Å². The Labute approximate surface area is 143 Å². The summed E-state index contributed by atoms with van der Waals surface area (Å²) in [5.74, 6) is 0. The van der Waals surface area contributed by atoms with Crippen molar-refractivity contribution in [3.63, 3.8) is 0 Å². The summed E-state index contributed by atoms with van der Waals surface area (Å²) >= 11 is 0. The van der Waals surface area contributed by atoms with Crippen LogP contribution < -0.4 is 0 Å². The normalized spacial score (nSPS) is 11.3. The SMILES string of the molecule is C(=C\COCc1ccc2ccccc2c1)/COCc1ccccc1. The molecule has 0 spiro atoms. The number of hydrogen-bond donors (Lipinski definition) is 0. The maximum atomic E-state index is 5.69. The predicted octanol–water partition coefficient (Wildman–Crippen LogP) is 5.13. The molecule has 122 valence electrons. The van der Waals surface area contributed by atoms with Gasteiger partial charge in [-0.1, -0.05) is 78.9 Å². The Balaban J connectivity index is 1.34. The van der Waals surface area contributed by atoms with E-state index in [2.05, 4.69) is 54.6 Å². The summed E-state index contributed by atoms with van der Waals surface area (Å²) < 4.78 is 11.3. The van der Waals surface area contributed by atoms with Crippen molar-refractivity contribution in [3.05, 3.63) is 96.1 Å².